The largest absolute Gasteiger partial charge is 0.271 e. The zero-order chi connectivity index (χ0) is 15.3. The SMILES string of the molecule is Bc1c([N+](=O)[O-])c2ccccc2c2cc3ccccc3cc12. The molecule has 3 nitrogen and oxygen atoms in total. The Morgan fingerprint density at radius 3 is 1.95 bits per heavy atom. The predicted octanol–water partition coefficient (Wildman–Crippen LogP) is 3.31. The first-order chi connectivity index (χ1) is 10.7. The van der Waals surface area contributed by atoms with E-state index in [4.69, 9.17) is 0 Å². The molecule has 0 aliphatic carbocycles. The highest BCUT2D eigenvalue weighted by atomic mass is 16.6. The van der Waals surface area contributed by atoms with Crippen molar-refractivity contribution < 1.29 is 4.92 Å². The van der Waals surface area contributed by atoms with Crippen LogP contribution in [0.15, 0.2) is 60.7 Å². The average Bonchev–Trinajstić information content (AvgIpc) is 2.53. The lowest BCUT2D eigenvalue weighted by Crippen LogP contribution is -2.12. The normalized spacial score (nSPS) is 11.3. The molecule has 0 amide bonds. The summed E-state index contributed by atoms with van der Waals surface area (Å²) < 4.78 is 0. The van der Waals surface area contributed by atoms with E-state index in [1.807, 2.05) is 50.3 Å². The summed E-state index contributed by atoms with van der Waals surface area (Å²) in [6, 6.07) is 19.8. The van der Waals surface area contributed by atoms with E-state index in [1.165, 1.54) is 0 Å². The van der Waals surface area contributed by atoms with E-state index >= 15 is 0 Å². The van der Waals surface area contributed by atoms with Gasteiger partial charge in [0, 0.05) is 0 Å². The zero-order valence-electron chi connectivity index (χ0n) is 12.0. The van der Waals surface area contributed by atoms with Crippen LogP contribution >= 0.6 is 0 Å². The van der Waals surface area contributed by atoms with Gasteiger partial charge in [-0.05, 0) is 50.6 Å². The van der Waals surface area contributed by atoms with Crippen molar-refractivity contribution >= 4 is 51.3 Å². The van der Waals surface area contributed by atoms with E-state index < -0.39 is 0 Å². The molecular weight excluding hydrogens is 273 g/mol. The molecule has 104 valence electrons. The van der Waals surface area contributed by atoms with Gasteiger partial charge in [-0.25, -0.2) is 0 Å². The summed E-state index contributed by atoms with van der Waals surface area (Å²) in [5, 5.41) is 17.4. The van der Waals surface area contributed by atoms with Crippen molar-refractivity contribution in [1.29, 1.82) is 0 Å². The van der Waals surface area contributed by atoms with Crippen molar-refractivity contribution in [2.75, 3.05) is 0 Å². The molecular formula is C18H12BNO2. The highest BCUT2D eigenvalue weighted by Gasteiger charge is 2.19. The maximum Gasteiger partial charge on any atom is 0.271 e. The second-order valence-electron chi connectivity index (χ2n) is 5.52. The fourth-order valence-electron chi connectivity index (χ4n) is 3.26. The van der Waals surface area contributed by atoms with E-state index in [9.17, 15) is 10.1 Å². The first-order valence-corrected chi connectivity index (χ1v) is 7.15. The fourth-order valence-corrected chi connectivity index (χ4v) is 3.26. The second-order valence-corrected chi connectivity index (χ2v) is 5.52. The van der Waals surface area contributed by atoms with Gasteiger partial charge < -0.3 is 0 Å². The number of rotatable bonds is 1. The number of nitrogens with zero attached hydrogens (tertiary/aromatic N) is 1. The average molecular weight is 285 g/mol. The summed E-state index contributed by atoms with van der Waals surface area (Å²) in [5.74, 6) is 0. The number of fused-ring (bicyclic) bond motifs is 4. The summed E-state index contributed by atoms with van der Waals surface area (Å²) in [4.78, 5) is 11.3. The summed E-state index contributed by atoms with van der Waals surface area (Å²) in [6.45, 7) is 0. The van der Waals surface area contributed by atoms with Crippen LogP contribution in [0.5, 0.6) is 0 Å². The molecule has 0 aliphatic heterocycles. The Kier molecular flexibility index (Phi) is 2.66. The molecule has 4 aromatic rings. The van der Waals surface area contributed by atoms with Crippen molar-refractivity contribution in [1.82, 2.24) is 0 Å². The zero-order valence-corrected chi connectivity index (χ0v) is 12.0. The molecule has 4 aromatic carbocycles. The highest BCUT2D eigenvalue weighted by molar-refractivity contribution is 6.45. The van der Waals surface area contributed by atoms with Crippen molar-refractivity contribution in [3.8, 4) is 0 Å². The number of benzene rings is 4. The van der Waals surface area contributed by atoms with Crippen LogP contribution < -0.4 is 5.46 Å². The van der Waals surface area contributed by atoms with E-state index in [-0.39, 0.29) is 10.6 Å². The van der Waals surface area contributed by atoms with Gasteiger partial charge in [0.25, 0.3) is 5.69 Å². The van der Waals surface area contributed by atoms with Gasteiger partial charge in [-0.1, -0.05) is 42.5 Å². The van der Waals surface area contributed by atoms with Gasteiger partial charge in [-0.15, -0.1) is 0 Å². The molecule has 0 unspecified atom stereocenters. The van der Waals surface area contributed by atoms with Crippen LogP contribution in [0.25, 0.3) is 32.3 Å². The van der Waals surface area contributed by atoms with E-state index in [2.05, 4.69) is 18.2 Å². The summed E-state index contributed by atoms with van der Waals surface area (Å²) in [5.41, 5.74) is 0.933. The first-order valence-electron chi connectivity index (χ1n) is 7.15. The van der Waals surface area contributed by atoms with Crippen molar-refractivity contribution in [2.24, 2.45) is 0 Å². The summed E-state index contributed by atoms with van der Waals surface area (Å²) >= 11 is 0. The van der Waals surface area contributed by atoms with E-state index in [0.29, 0.717) is 5.39 Å². The quantitative estimate of drug-likeness (QED) is 0.177. The molecule has 0 bridgehead atoms. The Labute approximate surface area is 127 Å². The maximum absolute atomic E-state index is 11.5. The molecule has 0 atom stereocenters. The van der Waals surface area contributed by atoms with Crippen molar-refractivity contribution in [3.05, 3.63) is 70.8 Å². The Balaban J connectivity index is 2.33. The van der Waals surface area contributed by atoms with Gasteiger partial charge >= 0.3 is 0 Å². The molecule has 0 N–H and O–H groups in total. The van der Waals surface area contributed by atoms with Crippen LogP contribution in [0.1, 0.15) is 0 Å². The third kappa shape index (κ3) is 1.70. The molecule has 0 aromatic heterocycles. The van der Waals surface area contributed by atoms with Gasteiger partial charge in [0.15, 0.2) is 0 Å². The van der Waals surface area contributed by atoms with E-state index in [0.717, 1.165) is 32.4 Å². The highest BCUT2D eigenvalue weighted by Crippen LogP contribution is 2.33. The summed E-state index contributed by atoms with van der Waals surface area (Å²) in [7, 11) is 1.84. The molecule has 22 heavy (non-hydrogen) atoms. The maximum atomic E-state index is 11.5. The summed E-state index contributed by atoms with van der Waals surface area (Å²) in [6.07, 6.45) is 0. The minimum atomic E-state index is -0.272. The van der Waals surface area contributed by atoms with Crippen LogP contribution in [0.2, 0.25) is 0 Å². The number of hydrogen-bond acceptors (Lipinski definition) is 2. The first kappa shape index (κ1) is 12.8. The fraction of sp³-hybridized carbons (Fsp3) is 0. The van der Waals surface area contributed by atoms with Crippen LogP contribution in [0.4, 0.5) is 5.69 Å². The van der Waals surface area contributed by atoms with Gasteiger partial charge in [0.05, 0.1) is 10.3 Å². The Bertz CT molecular complexity index is 1070. The molecule has 4 heteroatoms. The van der Waals surface area contributed by atoms with Gasteiger partial charge in [0.2, 0.25) is 0 Å². The number of nitro benzene ring substituents is 1. The lowest BCUT2D eigenvalue weighted by Gasteiger charge is -2.11. The smallest absolute Gasteiger partial charge is 0.258 e. The molecule has 0 fully saturated rings. The van der Waals surface area contributed by atoms with Crippen LogP contribution in [0.3, 0.4) is 0 Å². The number of nitro groups is 1. The van der Waals surface area contributed by atoms with Gasteiger partial charge in [-0.3, -0.25) is 10.1 Å². The molecule has 0 heterocycles. The van der Waals surface area contributed by atoms with Crippen LogP contribution in [0, 0.1) is 10.1 Å². The standard InChI is InChI=1S/C18H12BNO2/c19-17-16-10-12-6-2-1-5-11(12)9-15(16)13-7-3-4-8-14(13)18(17)20(21)22/h1-10H,19H2. The van der Waals surface area contributed by atoms with Crippen molar-refractivity contribution in [3.63, 3.8) is 0 Å². The Morgan fingerprint density at radius 2 is 1.32 bits per heavy atom. The Hall–Kier alpha value is -2.88. The second kappa shape index (κ2) is 4.56. The monoisotopic (exact) mass is 285 g/mol. The minimum absolute atomic E-state index is 0.207. The topological polar surface area (TPSA) is 43.1 Å². The molecule has 4 rings (SSSR count). The Morgan fingerprint density at radius 1 is 0.773 bits per heavy atom. The van der Waals surface area contributed by atoms with Crippen molar-refractivity contribution in [2.45, 2.75) is 0 Å². The van der Waals surface area contributed by atoms with E-state index in [1.54, 1.807) is 0 Å². The molecule has 0 saturated heterocycles. The van der Waals surface area contributed by atoms with Crippen LogP contribution in [-0.4, -0.2) is 12.8 Å². The lowest BCUT2D eigenvalue weighted by molar-refractivity contribution is -0.381. The van der Waals surface area contributed by atoms with Gasteiger partial charge in [0.1, 0.15) is 7.85 Å². The molecule has 0 saturated carbocycles. The lowest BCUT2D eigenvalue weighted by atomic mass is 9.84. The molecule has 0 radical (unpaired) electrons. The number of hydrogen-bond donors (Lipinski definition) is 0. The third-order valence-electron chi connectivity index (χ3n) is 4.30. The molecule has 0 aliphatic rings. The molecule has 0 spiro atoms. The minimum Gasteiger partial charge on any atom is -0.258 e. The third-order valence-corrected chi connectivity index (χ3v) is 4.30. The van der Waals surface area contributed by atoms with Gasteiger partial charge in [-0.2, -0.15) is 0 Å². The predicted molar refractivity (Wildman–Crippen MR) is 93.8 cm³/mol. The van der Waals surface area contributed by atoms with Crippen LogP contribution in [-0.2, 0) is 0 Å².